The molecule has 0 aliphatic rings. The number of carboxylic acid groups (broad SMARTS) is 2. The van der Waals surface area contributed by atoms with Gasteiger partial charge in [-0.25, -0.2) is 14.2 Å². The molecule has 0 aliphatic heterocycles. The van der Waals surface area contributed by atoms with E-state index >= 15 is 0 Å². The molecular formula is C2H6KO8P. The average Bonchev–Trinajstić information content (AvgIpc) is 1.59. The summed E-state index contributed by atoms with van der Waals surface area (Å²) in [5, 5.41) is 14.8. The van der Waals surface area contributed by atoms with Crippen LogP contribution in [-0.2, 0) is 14.2 Å². The van der Waals surface area contributed by atoms with Gasteiger partial charge in [0.25, 0.3) is 0 Å². The summed E-state index contributed by atoms with van der Waals surface area (Å²) in [6.07, 6.45) is 0. The van der Waals surface area contributed by atoms with E-state index in [1.165, 1.54) is 0 Å². The first-order valence-corrected chi connectivity index (χ1v) is 3.45. The van der Waals surface area contributed by atoms with E-state index in [9.17, 15) is 0 Å². The van der Waals surface area contributed by atoms with Gasteiger partial charge in [-0.15, -0.1) is 0 Å². The van der Waals surface area contributed by atoms with E-state index in [1.54, 1.807) is 0 Å². The van der Waals surface area contributed by atoms with Crippen molar-refractivity contribution in [1.82, 2.24) is 0 Å². The van der Waals surface area contributed by atoms with Gasteiger partial charge in [0.2, 0.25) is 0 Å². The summed E-state index contributed by atoms with van der Waals surface area (Å²) in [6.45, 7) is 0. The van der Waals surface area contributed by atoms with Crippen molar-refractivity contribution in [3.05, 3.63) is 0 Å². The fraction of sp³-hybridized carbons (Fsp3) is 0. The van der Waals surface area contributed by atoms with E-state index in [0.29, 0.717) is 0 Å². The third-order valence-corrected chi connectivity index (χ3v) is 0.183. The van der Waals surface area contributed by atoms with Gasteiger partial charge >= 0.3 is 71.1 Å². The van der Waals surface area contributed by atoms with Gasteiger partial charge in [-0.1, -0.05) is 0 Å². The zero-order valence-corrected chi connectivity index (χ0v) is 5.80. The summed E-state index contributed by atoms with van der Waals surface area (Å²) in [7, 11) is -4.64. The van der Waals surface area contributed by atoms with Crippen LogP contribution in [0, 0.1) is 0 Å². The van der Waals surface area contributed by atoms with E-state index in [0.717, 1.165) is 0 Å². The first kappa shape index (κ1) is 18.5. The van der Waals surface area contributed by atoms with Crippen molar-refractivity contribution in [3.8, 4) is 0 Å². The molecule has 0 fully saturated rings. The Morgan fingerprint density at radius 3 is 1.00 bits per heavy atom. The van der Waals surface area contributed by atoms with Crippen molar-refractivity contribution < 1.29 is 39.0 Å². The third kappa shape index (κ3) is 45.7. The van der Waals surface area contributed by atoms with Crippen molar-refractivity contribution in [3.63, 3.8) is 0 Å². The van der Waals surface area contributed by atoms with Gasteiger partial charge in [0.15, 0.2) is 0 Å². The Hall–Kier alpha value is 0.686. The Kier molecular flexibility index (Phi) is 12.8. The van der Waals surface area contributed by atoms with Crippen LogP contribution in [0.25, 0.3) is 0 Å². The molecule has 68 valence electrons. The fourth-order valence-electron chi connectivity index (χ4n) is 0. The number of carboxylic acids is 2. The molecule has 0 spiro atoms. The Labute approximate surface area is 109 Å². The standard InChI is InChI=1S/C2H2O4.K.H3O4P.H/c3-1(4)2(5)6;;1-5(2,3)4;/h(H,3,4)(H,5,6);;(H3,1,2,3,4);. The van der Waals surface area contributed by atoms with Crippen LogP contribution in [0.15, 0.2) is 0 Å². The quantitative estimate of drug-likeness (QED) is 0.174. The Morgan fingerprint density at radius 2 is 1.00 bits per heavy atom. The normalized spacial score (nSPS) is 8.58. The molecule has 0 unspecified atom stereocenters. The molecule has 0 saturated carbocycles. The van der Waals surface area contributed by atoms with E-state index in [1.807, 2.05) is 0 Å². The average molecular weight is 228 g/mol. The zero-order valence-electron chi connectivity index (χ0n) is 4.91. The monoisotopic (exact) mass is 228 g/mol. The summed E-state index contributed by atoms with van der Waals surface area (Å²) in [6, 6.07) is 0. The molecule has 10 heteroatoms. The van der Waals surface area contributed by atoms with Crippen LogP contribution in [0.1, 0.15) is 0 Å². The molecule has 0 heterocycles. The van der Waals surface area contributed by atoms with Gasteiger partial charge in [-0.05, 0) is 0 Å². The van der Waals surface area contributed by atoms with Crippen LogP contribution in [0.3, 0.4) is 0 Å². The molecule has 0 atom stereocenters. The van der Waals surface area contributed by atoms with Crippen molar-refractivity contribution in [2.45, 2.75) is 0 Å². The van der Waals surface area contributed by atoms with Crippen molar-refractivity contribution in [1.29, 1.82) is 0 Å². The zero-order chi connectivity index (χ0) is 9.65. The number of hydrogen-bond donors (Lipinski definition) is 5. The van der Waals surface area contributed by atoms with Gasteiger partial charge in [-0.3, -0.25) is 0 Å². The van der Waals surface area contributed by atoms with Gasteiger partial charge in [0.05, 0.1) is 0 Å². The first-order chi connectivity index (χ1) is 4.64. The molecule has 0 amide bonds. The molecule has 0 aliphatic carbocycles. The van der Waals surface area contributed by atoms with Crippen LogP contribution < -0.4 is 0 Å². The van der Waals surface area contributed by atoms with Crippen molar-refractivity contribution in [2.24, 2.45) is 0 Å². The maximum absolute atomic E-state index is 9.10. The van der Waals surface area contributed by atoms with Crippen molar-refractivity contribution in [2.75, 3.05) is 0 Å². The topological polar surface area (TPSA) is 152 Å². The third-order valence-electron chi connectivity index (χ3n) is 0.183. The predicted octanol–water partition coefficient (Wildman–Crippen LogP) is -2.42. The number of aliphatic carboxylic acids is 2. The number of phosphoric acid groups is 1. The van der Waals surface area contributed by atoms with Gasteiger partial charge in [0.1, 0.15) is 0 Å². The second kappa shape index (κ2) is 8.29. The molecule has 0 radical (unpaired) electrons. The summed E-state index contributed by atoms with van der Waals surface area (Å²) in [4.78, 5) is 39.8. The summed E-state index contributed by atoms with van der Waals surface area (Å²) >= 11 is 0. The van der Waals surface area contributed by atoms with Crippen LogP contribution >= 0.6 is 7.82 Å². The SMILES string of the molecule is O=C(O)C(=O)O.O=P(O)(O)O.[KH]. The first-order valence-electron chi connectivity index (χ1n) is 1.89. The van der Waals surface area contributed by atoms with Crippen LogP contribution in [0.4, 0.5) is 0 Å². The molecule has 0 saturated heterocycles. The van der Waals surface area contributed by atoms with E-state index in [-0.39, 0.29) is 51.4 Å². The molecule has 0 rings (SSSR count). The molecule has 5 N–H and O–H groups in total. The summed E-state index contributed by atoms with van der Waals surface area (Å²) in [5.41, 5.74) is 0. The van der Waals surface area contributed by atoms with Crippen LogP contribution in [0.5, 0.6) is 0 Å². The molecule has 0 aromatic heterocycles. The minimum absolute atomic E-state index is 0. The molecule has 8 nitrogen and oxygen atoms in total. The van der Waals surface area contributed by atoms with Gasteiger partial charge in [-0.2, -0.15) is 0 Å². The van der Waals surface area contributed by atoms with E-state index < -0.39 is 19.8 Å². The number of carbonyl (C=O) groups is 2. The minimum atomic E-state index is -4.64. The van der Waals surface area contributed by atoms with Crippen molar-refractivity contribution >= 4 is 71.1 Å². The number of rotatable bonds is 0. The van der Waals surface area contributed by atoms with E-state index in [4.69, 9.17) is 39.0 Å². The fourth-order valence-corrected chi connectivity index (χ4v) is 0. The van der Waals surface area contributed by atoms with Gasteiger partial charge < -0.3 is 24.9 Å². The molecular weight excluding hydrogens is 222 g/mol. The maximum atomic E-state index is 9.10. The molecule has 12 heavy (non-hydrogen) atoms. The summed E-state index contributed by atoms with van der Waals surface area (Å²) in [5.74, 6) is -3.65. The molecule has 0 aromatic carbocycles. The Morgan fingerprint density at radius 1 is 0.917 bits per heavy atom. The molecule has 0 bridgehead atoms. The van der Waals surface area contributed by atoms with E-state index in [2.05, 4.69) is 0 Å². The second-order valence-electron chi connectivity index (χ2n) is 1.12. The second-order valence-corrected chi connectivity index (χ2v) is 2.15. The van der Waals surface area contributed by atoms with Crippen LogP contribution in [-0.4, -0.2) is 88.2 Å². The predicted molar refractivity (Wildman–Crippen MR) is 36.7 cm³/mol. The summed E-state index contributed by atoms with van der Waals surface area (Å²) < 4.78 is 8.88. The molecule has 0 aromatic rings. The Balaban J connectivity index is -0.000000126. The van der Waals surface area contributed by atoms with Gasteiger partial charge in [0, 0.05) is 0 Å². The number of hydrogen-bond acceptors (Lipinski definition) is 3. The van der Waals surface area contributed by atoms with Crippen LogP contribution in [0.2, 0.25) is 0 Å². The Bertz CT molecular complexity index is 173.